The van der Waals surface area contributed by atoms with Gasteiger partial charge in [-0.15, -0.1) is 0 Å². The van der Waals surface area contributed by atoms with Crippen LogP contribution in [0.5, 0.6) is 0 Å². The van der Waals surface area contributed by atoms with Gasteiger partial charge in [0.15, 0.2) is 5.16 Å². The average molecular weight is 485 g/mol. The summed E-state index contributed by atoms with van der Waals surface area (Å²) < 4.78 is 1.87. The van der Waals surface area contributed by atoms with E-state index >= 15 is 0 Å². The van der Waals surface area contributed by atoms with Crippen molar-refractivity contribution in [3.05, 3.63) is 59.6 Å². The zero-order valence-electron chi connectivity index (χ0n) is 18.7. The third kappa shape index (κ3) is 6.71. The first-order valence-electron chi connectivity index (χ1n) is 11.3. The molecule has 4 rings (SSSR count). The molecule has 1 aliphatic rings. The highest BCUT2D eigenvalue weighted by Crippen LogP contribution is 2.28. The van der Waals surface area contributed by atoms with Crippen molar-refractivity contribution >= 4 is 35.1 Å². The molecule has 1 aliphatic carbocycles. The molecule has 1 amide bonds. The predicted molar refractivity (Wildman–Crippen MR) is 133 cm³/mol. The Morgan fingerprint density at radius 1 is 1.21 bits per heavy atom. The molecule has 2 heterocycles. The van der Waals surface area contributed by atoms with Crippen molar-refractivity contribution in [3.63, 3.8) is 0 Å². The maximum Gasteiger partial charge on any atom is 0.251 e. The van der Waals surface area contributed by atoms with Crippen LogP contribution in [0.3, 0.4) is 0 Å². The molecule has 1 atom stereocenters. The standard InChI is InChI=1S/C24H29ClN6OS/c1-33-24-29-21(14-22(30-24)31-12-11-26-16-31)28-20(13-17-5-3-2-4-6-17)15-27-23(32)18-7-9-19(25)10-8-18/h7-12,14,16-17,20H,2-6,13,15H2,1H3,(H,27,32)(H,28,29,30). The van der Waals surface area contributed by atoms with E-state index in [0.717, 1.165) is 18.1 Å². The number of carbonyl (C=O) groups excluding carboxylic acids is 1. The zero-order chi connectivity index (χ0) is 23.0. The first kappa shape index (κ1) is 23.6. The van der Waals surface area contributed by atoms with Gasteiger partial charge in [-0.05, 0) is 42.9 Å². The van der Waals surface area contributed by atoms with Gasteiger partial charge in [0.2, 0.25) is 0 Å². The van der Waals surface area contributed by atoms with E-state index < -0.39 is 0 Å². The lowest BCUT2D eigenvalue weighted by atomic mass is 9.84. The second kappa shape index (κ2) is 11.5. The smallest absolute Gasteiger partial charge is 0.251 e. The van der Waals surface area contributed by atoms with Crippen LogP contribution in [0.25, 0.3) is 5.82 Å². The molecule has 1 unspecified atom stereocenters. The number of amides is 1. The van der Waals surface area contributed by atoms with Gasteiger partial charge >= 0.3 is 0 Å². The molecule has 7 nitrogen and oxygen atoms in total. The Kier molecular flexibility index (Phi) is 8.23. The molecule has 2 N–H and O–H groups in total. The van der Waals surface area contributed by atoms with Crippen molar-refractivity contribution in [2.75, 3.05) is 18.1 Å². The molecule has 9 heteroatoms. The first-order chi connectivity index (χ1) is 16.1. The molecule has 2 aromatic heterocycles. The Morgan fingerprint density at radius 2 is 2.00 bits per heavy atom. The fourth-order valence-corrected chi connectivity index (χ4v) is 4.75. The Morgan fingerprint density at radius 3 is 2.70 bits per heavy atom. The van der Waals surface area contributed by atoms with Crippen LogP contribution in [-0.2, 0) is 0 Å². The summed E-state index contributed by atoms with van der Waals surface area (Å²) in [5.41, 5.74) is 0.602. The van der Waals surface area contributed by atoms with Crippen LogP contribution in [0, 0.1) is 5.92 Å². The Bertz CT molecular complexity index is 1040. The Balaban J connectivity index is 1.49. The number of anilines is 1. The van der Waals surface area contributed by atoms with Gasteiger partial charge in [0, 0.05) is 41.6 Å². The van der Waals surface area contributed by atoms with E-state index in [1.807, 2.05) is 23.1 Å². The number of nitrogens with one attached hydrogen (secondary N) is 2. The highest BCUT2D eigenvalue weighted by Gasteiger charge is 2.21. The predicted octanol–water partition coefficient (Wildman–Crippen LogP) is 5.22. The SMILES string of the molecule is CSc1nc(NC(CNC(=O)c2ccc(Cl)cc2)CC2CCCCC2)cc(-n2ccnc2)n1. The summed E-state index contributed by atoms with van der Waals surface area (Å²) in [5, 5.41) is 7.98. The number of carbonyl (C=O) groups is 1. The van der Waals surface area contributed by atoms with Crippen molar-refractivity contribution in [1.29, 1.82) is 0 Å². The lowest BCUT2D eigenvalue weighted by Gasteiger charge is -2.28. The van der Waals surface area contributed by atoms with E-state index in [1.54, 1.807) is 36.8 Å². The van der Waals surface area contributed by atoms with Gasteiger partial charge in [-0.2, -0.15) is 0 Å². The number of nitrogens with zero attached hydrogens (tertiary/aromatic N) is 4. The second-order valence-corrected chi connectivity index (χ2v) is 9.58. The quantitative estimate of drug-likeness (QED) is 0.320. The number of rotatable bonds is 9. The van der Waals surface area contributed by atoms with E-state index in [4.69, 9.17) is 11.6 Å². The molecule has 0 bridgehead atoms. The van der Waals surface area contributed by atoms with Gasteiger partial charge in [0.25, 0.3) is 5.91 Å². The molecule has 0 spiro atoms. The van der Waals surface area contributed by atoms with Gasteiger partial charge in [0.05, 0.1) is 0 Å². The average Bonchev–Trinajstić information content (AvgIpc) is 3.38. The molecule has 0 saturated heterocycles. The number of hydrogen-bond acceptors (Lipinski definition) is 6. The summed E-state index contributed by atoms with van der Waals surface area (Å²) in [6.45, 7) is 0.511. The molecular weight excluding hydrogens is 456 g/mol. The topological polar surface area (TPSA) is 84.7 Å². The number of benzene rings is 1. The highest BCUT2D eigenvalue weighted by atomic mass is 35.5. The minimum atomic E-state index is -0.103. The summed E-state index contributed by atoms with van der Waals surface area (Å²) in [7, 11) is 0. The van der Waals surface area contributed by atoms with E-state index in [2.05, 4.69) is 25.6 Å². The van der Waals surface area contributed by atoms with Crippen LogP contribution in [0.2, 0.25) is 5.02 Å². The fraction of sp³-hybridized carbons (Fsp3) is 0.417. The van der Waals surface area contributed by atoms with E-state index in [1.165, 1.54) is 43.9 Å². The largest absolute Gasteiger partial charge is 0.365 e. The van der Waals surface area contributed by atoms with Crippen molar-refractivity contribution < 1.29 is 4.79 Å². The Labute approximate surface area is 203 Å². The van der Waals surface area contributed by atoms with Crippen LogP contribution in [0.4, 0.5) is 5.82 Å². The molecule has 0 radical (unpaired) electrons. The first-order valence-corrected chi connectivity index (χ1v) is 12.9. The number of halogens is 1. The van der Waals surface area contributed by atoms with Crippen molar-refractivity contribution in [1.82, 2.24) is 24.8 Å². The number of hydrogen-bond donors (Lipinski definition) is 2. The van der Waals surface area contributed by atoms with Crippen LogP contribution < -0.4 is 10.6 Å². The minimum Gasteiger partial charge on any atom is -0.365 e. The summed E-state index contributed by atoms with van der Waals surface area (Å²) in [4.78, 5) is 26.1. The summed E-state index contributed by atoms with van der Waals surface area (Å²) in [6.07, 6.45) is 14.6. The fourth-order valence-electron chi connectivity index (χ4n) is 4.25. The zero-order valence-corrected chi connectivity index (χ0v) is 20.3. The van der Waals surface area contributed by atoms with Gasteiger partial charge in [-0.3, -0.25) is 9.36 Å². The van der Waals surface area contributed by atoms with E-state index in [-0.39, 0.29) is 11.9 Å². The second-order valence-electron chi connectivity index (χ2n) is 8.37. The minimum absolute atomic E-state index is 0.0598. The number of aromatic nitrogens is 4. The lowest BCUT2D eigenvalue weighted by Crippen LogP contribution is -2.38. The molecule has 174 valence electrons. The normalized spacial score (nSPS) is 15.2. The van der Waals surface area contributed by atoms with Crippen LogP contribution in [0.15, 0.2) is 54.2 Å². The molecule has 1 saturated carbocycles. The lowest BCUT2D eigenvalue weighted by molar-refractivity contribution is 0.0950. The van der Waals surface area contributed by atoms with Crippen LogP contribution in [-0.4, -0.2) is 44.3 Å². The molecule has 1 fully saturated rings. The van der Waals surface area contributed by atoms with Crippen LogP contribution >= 0.6 is 23.4 Å². The van der Waals surface area contributed by atoms with Gasteiger partial charge in [0.1, 0.15) is 18.0 Å². The third-order valence-electron chi connectivity index (χ3n) is 5.95. The summed E-state index contributed by atoms with van der Waals surface area (Å²) >= 11 is 7.45. The van der Waals surface area contributed by atoms with Crippen molar-refractivity contribution in [2.45, 2.75) is 49.7 Å². The Hall–Kier alpha value is -2.58. The molecular formula is C24H29ClN6OS. The van der Waals surface area contributed by atoms with Crippen molar-refractivity contribution in [2.24, 2.45) is 5.92 Å². The van der Waals surface area contributed by atoms with E-state index in [0.29, 0.717) is 28.2 Å². The molecule has 3 aromatic rings. The molecule has 33 heavy (non-hydrogen) atoms. The summed E-state index contributed by atoms with van der Waals surface area (Å²) in [5.74, 6) is 2.06. The van der Waals surface area contributed by atoms with Gasteiger partial charge in [-0.25, -0.2) is 15.0 Å². The molecule has 1 aromatic carbocycles. The summed E-state index contributed by atoms with van der Waals surface area (Å²) in [6, 6.07) is 8.94. The number of imidazole rings is 1. The van der Waals surface area contributed by atoms with Gasteiger partial charge < -0.3 is 10.6 Å². The third-order valence-corrected chi connectivity index (χ3v) is 6.75. The highest BCUT2D eigenvalue weighted by molar-refractivity contribution is 7.98. The van der Waals surface area contributed by atoms with Crippen molar-refractivity contribution in [3.8, 4) is 5.82 Å². The number of thioether (sulfide) groups is 1. The van der Waals surface area contributed by atoms with Crippen LogP contribution in [0.1, 0.15) is 48.9 Å². The maximum atomic E-state index is 12.7. The maximum absolute atomic E-state index is 12.7. The van der Waals surface area contributed by atoms with Gasteiger partial charge in [-0.1, -0.05) is 55.5 Å². The monoisotopic (exact) mass is 484 g/mol. The molecule has 0 aliphatic heterocycles. The van der Waals surface area contributed by atoms with E-state index in [9.17, 15) is 4.79 Å².